The van der Waals surface area contributed by atoms with Crippen LogP contribution in [0.2, 0.25) is 0 Å². The number of rotatable bonds is 7. The number of aliphatic hydroxyl groups is 1. The van der Waals surface area contributed by atoms with Gasteiger partial charge in [0, 0.05) is 19.3 Å². The number of nitrogens with zero attached hydrogens (tertiary/aromatic N) is 1. The fourth-order valence-electron chi connectivity index (χ4n) is 2.29. The Kier molecular flexibility index (Phi) is 5.28. The summed E-state index contributed by atoms with van der Waals surface area (Å²) in [6.07, 6.45) is -3.96. The molecule has 0 spiro atoms. The first kappa shape index (κ1) is 17.7. The van der Waals surface area contributed by atoms with Crippen molar-refractivity contribution in [1.29, 1.82) is 0 Å². The molecule has 5 nitrogen and oxygen atoms in total. The molecule has 0 fully saturated rings. The molecule has 0 aliphatic heterocycles. The fourth-order valence-corrected chi connectivity index (χ4v) is 2.29. The van der Waals surface area contributed by atoms with Gasteiger partial charge in [0.25, 0.3) is 0 Å². The lowest BCUT2D eigenvalue weighted by atomic mass is 9.99. The number of halogens is 3. The van der Waals surface area contributed by atoms with Gasteiger partial charge in [0.05, 0.1) is 18.7 Å². The van der Waals surface area contributed by atoms with Crippen LogP contribution in [0, 0.1) is 0 Å². The minimum atomic E-state index is -4.41. The molecule has 128 valence electrons. The van der Waals surface area contributed by atoms with Crippen LogP contribution in [0.15, 0.2) is 22.6 Å². The second-order valence-corrected chi connectivity index (χ2v) is 5.61. The van der Waals surface area contributed by atoms with E-state index in [9.17, 15) is 13.2 Å². The number of methoxy groups -OCH3 is 1. The van der Waals surface area contributed by atoms with E-state index >= 15 is 0 Å². The number of hydrogen-bond acceptors (Lipinski definition) is 5. The Morgan fingerprint density at radius 2 is 2.09 bits per heavy atom. The number of aromatic nitrogens is 1. The lowest BCUT2D eigenvalue weighted by Gasteiger charge is -2.28. The molecule has 1 atom stereocenters. The first-order valence-electron chi connectivity index (χ1n) is 7.09. The molecule has 1 aromatic heterocycles. The van der Waals surface area contributed by atoms with Crippen molar-refractivity contribution in [1.82, 2.24) is 10.3 Å². The molecule has 2 rings (SSSR count). The Morgan fingerprint density at radius 3 is 2.70 bits per heavy atom. The van der Waals surface area contributed by atoms with E-state index in [1.54, 1.807) is 7.11 Å². The van der Waals surface area contributed by atoms with E-state index in [0.29, 0.717) is 18.6 Å². The second kappa shape index (κ2) is 6.86. The minimum Gasteiger partial charge on any atom is -0.439 e. The van der Waals surface area contributed by atoms with E-state index in [4.69, 9.17) is 14.3 Å². The van der Waals surface area contributed by atoms with Crippen LogP contribution < -0.4 is 5.32 Å². The number of hydrogen-bond donors (Lipinski definition) is 2. The van der Waals surface area contributed by atoms with Gasteiger partial charge in [0.1, 0.15) is 5.52 Å². The fraction of sp³-hybridized carbons (Fsp3) is 0.533. The van der Waals surface area contributed by atoms with Crippen molar-refractivity contribution >= 4 is 11.1 Å². The molecule has 2 N–H and O–H groups in total. The van der Waals surface area contributed by atoms with Crippen LogP contribution in [-0.4, -0.2) is 36.0 Å². The Labute approximate surface area is 131 Å². The zero-order valence-corrected chi connectivity index (χ0v) is 12.9. The average molecular weight is 332 g/mol. The molecule has 0 aliphatic carbocycles. The largest absolute Gasteiger partial charge is 0.439 e. The van der Waals surface area contributed by atoms with Gasteiger partial charge in [0.15, 0.2) is 5.58 Å². The third-order valence-corrected chi connectivity index (χ3v) is 3.55. The van der Waals surface area contributed by atoms with Gasteiger partial charge in [-0.1, -0.05) is 0 Å². The summed E-state index contributed by atoms with van der Waals surface area (Å²) < 4.78 is 48.6. The van der Waals surface area contributed by atoms with Gasteiger partial charge >= 0.3 is 6.18 Å². The second-order valence-electron chi connectivity index (χ2n) is 5.61. The number of nitrogens with one attached hydrogen (secondary N) is 1. The summed E-state index contributed by atoms with van der Waals surface area (Å²) in [7, 11) is 1.55. The maximum atomic E-state index is 12.7. The molecular formula is C15H19F3N2O3. The van der Waals surface area contributed by atoms with Gasteiger partial charge in [-0.25, -0.2) is 4.98 Å². The molecule has 8 heteroatoms. The molecule has 0 saturated heterocycles. The molecule has 1 aromatic carbocycles. The first-order chi connectivity index (χ1) is 10.8. The maximum absolute atomic E-state index is 12.7. The summed E-state index contributed by atoms with van der Waals surface area (Å²) in [6, 6.07) is 3.19. The van der Waals surface area contributed by atoms with Crippen LogP contribution in [0.1, 0.15) is 24.8 Å². The molecule has 23 heavy (non-hydrogen) atoms. The number of alkyl halides is 3. The Hall–Kier alpha value is -1.64. The number of aliphatic hydroxyl groups excluding tert-OH is 1. The molecule has 0 radical (unpaired) electrons. The van der Waals surface area contributed by atoms with E-state index in [1.807, 2.05) is 6.92 Å². The highest BCUT2D eigenvalue weighted by Crippen LogP contribution is 2.31. The van der Waals surface area contributed by atoms with E-state index < -0.39 is 17.3 Å². The minimum absolute atomic E-state index is 0.0185. The molecule has 1 unspecified atom stereocenters. The van der Waals surface area contributed by atoms with Gasteiger partial charge in [-0.2, -0.15) is 13.2 Å². The molecule has 0 saturated carbocycles. The van der Waals surface area contributed by atoms with Gasteiger partial charge in [0.2, 0.25) is 5.89 Å². The highest BCUT2D eigenvalue weighted by Gasteiger charge is 2.31. The first-order valence-corrected chi connectivity index (χ1v) is 7.09. The van der Waals surface area contributed by atoms with Crippen molar-refractivity contribution in [3.8, 4) is 0 Å². The van der Waals surface area contributed by atoms with E-state index in [-0.39, 0.29) is 24.6 Å². The van der Waals surface area contributed by atoms with E-state index in [1.165, 1.54) is 6.07 Å². The Balaban J connectivity index is 2.14. The van der Waals surface area contributed by atoms with Gasteiger partial charge in [-0.05, 0) is 31.5 Å². The van der Waals surface area contributed by atoms with Crippen LogP contribution in [0.25, 0.3) is 11.1 Å². The predicted octanol–water partition coefficient (Wildman–Crippen LogP) is 2.72. The van der Waals surface area contributed by atoms with Crippen molar-refractivity contribution in [3.63, 3.8) is 0 Å². The lowest BCUT2D eigenvalue weighted by Crippen LogP contribution is -2.46. The summed E-state index contributed by atoms with van der Waals surface area (Å²) in [6.45, 7) is 2.44. The van der Waals surface area contributed by atoms with Crippen LogP contribution >= 0.6 is 0 Å². The molecular weight excluding hydrogens is 313 g/mol. The standard InChI is InChI=1S/C15H19F3N2O3/c1-14(5-6-21,9-22-2)19-8-13-20-11-7-10(15(16,17)18)3-4-12(11)23-13/h3-4,7,19,21H,5-6,8-9H2,1-2H3. The number of benzene rings is 1. The van der Waals surface area contributed by atoms with Crippen molar-refractivity contribution in [2.75, 3.05) is 20.3 Å². The van der Waals surface area contributed by atoms with Crippen LogP contribution in [0.4, 0.5) is 13.2 Å². The molecule has 0 bridgehead atoms. The third kappa shape index (κ3) is 4.43. The summed E-state index contributed by atoms with van der Waals surface area (Å²) in [5.74, 6) is 0.277. The zero-order valence-electron chi connectivity index (χ0n) is 12.9. The van der Waals surface area contributed by atoms with E-state index in [2.05, 4.69) is 10.3 Å². The smallest absolute Gasteiger partial charge is 0.416 e. The normalized spacial score (nSPS) is 15.0. The van der Waals surface area contributed by atoms with Gasteiger partial charge < -0.3 is 19.6 Å². The summed E-state index contributed by atoms with van der Waals surface area (Å²) >= 11 is 0. The predicted molar refractivity (Wildman–Crippen MR) is 77.8 cm³/mol. The van der Waals surface area contributed by atoms with Gasteiger partial charge in [-0.3, -0.25) is 0 Å². The number of oxazole rings is 1. The van der Waals surface area contributed by atoms with Crippen LogP contribution in [0.5, 0.6) is 0 Å². The molecule has 1 heterocycles. The number of ether oxygens (including phenoxy) is 1. The third-order valence-electron chi connectivity index (χ3n) is 3.55. The number of fused-ring (bicyclic) bond motifs is 1. The molecule has 0 amide bonds. The monoisotopic (exact) mass is 332 g/mol. The topological polar surface area (TPSA) is 67.5 Å². The summed E-state index contributed by atoms with van der Waals surface area (Å²) in [4.78, 5) is 4.08. The van der Waals surface area contributed by atoms with Crippen molar-refractivity contribution in [2.45, 2.75) is 31.6 Å². The SMILES string of the molecule is COCC(C)(CCO)NCc1nc2cc(C(F)(F)F)ccc2o1. The van der Waals surface area contributed by atoms with Gasteiger partial charge in [-0.15, -0.1) is 0 Å². The van der Waals surface area contributed by atoms with Crippen LogP contribution in [0.3, 0.4) is 0 Å². The van der Waals surface area contributed by atoms with Crippen molar-refractivity contribution < 1.29 is 27.4 Å². The molecule has 0 aliphatic rings. The molecule has 2 aromatic rings. The quantitative estimate of drug-likeness (QED) is 0.816. The lowest BCUT2D eigenvalue weighted by molar-refractivity contribution is -0.137. The Bertz CT molecular complexity index is 649. The van der Waals surface area contributed by atoms with Crippen molar-refractivity contribution in [3.05, 3.63) is 29.7 Å². The Morgan fingerprint density at radius 1 is 1.35 bits per heavy atom. The van der Waals surface area contributed by atoms with Crippen molar-refractivity contribution in [2.24, 2.45) is 0 Å². The zero-order chi connectivity index (χ0) is 17.1. The highest BCUT2D eigenvalue weighted by molar-refractivity contribution is 5.73. The summed E-state index contributed by atoms with van der Waals surface area (Å²) in [5, 5.41) is 12.3. The summed E-state index contributed by atoms with van der Waals surface area (Å²) in [5.41, 5.74) is -0.790. The highest BCUT2D eigenvalue weighted by atomic mass is 19.4. The average Bonchev–Trinajstić information content (AvgIpc) is 2.87. The van der Waals surface area contributed by atoms with E-state index in [0.717, 1.165) is 12.1 Å². The van der Waals surface area contributed by atoms with Crippen LogP contribution in [-0.2, 0) is 17.5 Å². The maximum Gasteiger partial charge on any atom is 0.416 e.